The maximum Gasteiger partial charge on any atom is 0.251 e. The van der Waals surface area contributed by atoms with E-state index in [0.717, 1.165) is 19.4 Å². The summed E-state index contributed by atoms with van der Waals surface area (Å²) in [6, 6.07) is 3.04. The largest absolute Gasteiger partial charge is 0.397 e. The van der Waals surface area contributed by atoms with Crippen molar-refractivity contribution in [2.24, 2.45) is 0 Å². The van der Waals surface area contributed by atoms with Crippen LogP contribution in [0.5, 0.6) is 0 Å². The third-order valence-electron chi connectivity index (χ3n) is 3.01. The van der Waals surface area contributed by atoms with Gasteiger partial charge in [-0.05, 0) is 25.0 Å². The molecule has 0 aliphatic heterocycles. The molecule has 1 heterocycles. The molecule has 21 heavy (non-hydrogen) atoms. The molecule has 0 saturated heterocycles. The second-order valence-corrected chi connectivity index (χ2v) is 5.41. The number of amides is 1. The van der Waals surface area contributed by atoms with E-state index in [1.54, 1.807) is 12.5 Å². The van der Waals surface area contributed by atoms with Crippen molar-refractivity contribution in [3.8, 4) is 0 Å². The Morgan fingerprint density at radius 1 is 1.33 bits per heavy atom. The second kappa shape index (κ2) is 7.33. The van der Waals surface area contributed by atoms with Gasteiger partial charge >= 0.3 is 0 Å². The molecule has 0 unspecified atom stereocenters. The van der Waals surface area contributed by atoms with E-state index >= 15 is 0 Å². The lowest BCUT2D eigenvalue weighted by atomic mass is 10.2. The van der Waals surface area contributed by atoms with Crippen LogP contribution in [0.2, 0.25) is 10.0 Å². The highest BCUT2D eigenvalue weighted by molar-refractivity contribution is 6.43. The molecule has 0 spiro atoms. The summed E-state index contributed by atoms with van der Waals surface area (Å²) in [5.74, 6) is -0.206. The summed E-state index contributed by atoms with van der Waals surface area (Å²) in [7, 11) is 0. The van der Waals surface area contributed by atoms with Gasteiger partial charge in [0.1, 0.15) is 0 Å². The second-order valence-electron chi connectivity index (χ2n) is 4.62. The quantitative estimate of drug-likeness (QED) is 0.633. The van der Waals surface area contributed by atoms with E-state index in [-0.39, 0.29) is 16.0 Å². The van der Waals surface area contributed by atoms with Crippen molar-refractivity contribution < 1.29 is 4.79 Å². The Labute approximate surface area is 133 Å². The van der Waals surface area contributed by atoms with Crippen LogP contribution in [0.15, 0.2) is 30.9 Å². The van der Waals surface area contributed by atoms with Crippen molar-refractivity contribution in [1.29, 1.82) is 0 Å². The monoisotopic (exact) mass is 326 g/mol. The average Bonchev–Trinajstić information content (AvgIpc) is 2.96. The maximum atomic E-state index is 12.0. The lowest BCUT2D eigenvalue weighted by Crippen LogP contribution is -2.24. The molecule has 2 aromatic rings. The van der Waals surface area contributed by atoms with E-state index in [0.29, 0.717) is 17.8 Å². The van der Waals surface area contributed by atoms with Gasteiger partial charge in [0, 0.05) is 31.0 Å². The molecule has 0 saturated carbocycles. The zero-order valence-corrected chi connectivity index (χ0v) is 12.9. The van der Waals surface area contributed by atoms with Gasteiger partial charge in [-0.3, -0.25) is 4.79 Å². The van der Waals surface area contributed by atoms with Crippen LogP contribution in [0.3, 0.4) is 0 Å². The first kappa shape index (κ1) is 15.7. The minimum absolute atomic E-state index is 0.206. The summed E-state index contributed by atoms with van der Waals surface area (Å²) < 4.78 is 2.00. The zero-order valence-electron chi connectivity index (χ0n) is 11.4. The number of unbranched alkanes of at least 4 members (excludes halogenated alkanes) is 1. The number of hydrogen-bond acceptors (Lipinski definition) is 3. The molecule has 1 aromatic heterocycles. The van der Waals surface area contributed by atoms with Gasteiger partial charge in [-0.1, -0.05) is 23.2 Å². The van der Waals surface area contributed by atoms with Gasteiger partial charge in [0.05, 0.1) is 22.1 Å². The first-order valence-electron chi connectivity index (χ1n) is 6.56. The summed E-state index contributed by atoms with van der Waals surface area (Å²) in [4.78, 5) is 15.9. The zero-order chi connectivity index (χ0) is 15.2. The summed E-state index contributed by atoms with van der Waals surface area (Å²) in [5.41, 5.74) is 6.40. The first-order valence-corrected chi connectivity index (χ1v) is 7.32. The van der Waals surface area contributed by atoms with Crippen LogP contribution in [0, 0.1) is 0 Å². The maximum absolute atomic E-state index is 12.0. The average molecular weight is 327 g/mol. The first-order chi connectivity index (χ1) is 10.1. The van der Waals surface area contributed by atoms with Crippen LogP contribution in [-0.4, -0.2) is 22.0 Å². The van der Waals surface area contributed by atoms with Gasteiger partial charge in [0.15, 0.2) is 0 Å². The smallest absolute Gasteiger partial charge is 0.251 e. The van der Waals surface area contributed by atoms with E-state index in [4.69, 9.17) is 28.9 Å². The Morgan fingerprint density at radius 3 is 2.81 bits per heavy atom. The van der Waals surface area contributed by atoms with Crippen LogP contribution in [0.1, 0.15) is 23.2 Å². The predicted octanol–water partition coefficient (Wildman–Crippen LogP) is 2.98. The SMILES string of the molecule is Nc1cc(C(=O)NCCCCn2ccnc2)cc(Cl)c1Cl. The Bertz CT molecular complexity index is 590. The Morgan fingerprint density at radius 2 is 2.14 bits per heavy atom. The molecule has 112 valence electrons. The number of hydrogen-bond donors (Lipinski definition) is 2. The third-order valence-corrected chi connectivity index (χ3v) is 3.82. The van der Waals surface area contributed by atoms with Gasteiger partial charge in [-0.15, -0.1) is 0 Å². The van der Waals surface area contributed by atoms with E-state index in [1.807, 2.05) is 10.8 Å². The Kier molecular flexibility index (Phi) is 5.47. The van der Waals surface area contributed by atoms with Crippen LogP contribution in [-0.2, 0) is 6.54 Å². The summed E-state index contributed by atoms with van der Waals surface area (Å²) in [6.45, 7) is 1.48. The summed E-state index contributed by atoms with van der Waals surface area (Å²) in [5, 5.41) is 3.38. The Hall–Kier alpha value is -1.72. The number of carbonyl (C=O) groups excluding carboxylic acids is 1. The fourth-order valence-corrected chi connectivity index (χ4v) is 2.22. The van der Waals surface area contributed by atoms with Crippen LogP contribution >= 0.6 is 23.2 Å². The normalized spacial score (nSPS) is 10.6. The topological polar surface area (TPSA) is 72.9 Å². The molecule has 5 nitrogen and oxygen atoms in total. The number of carbonyl (C=O) groups is 1. The van der Waals surface area contributed by atoms with E-state index in [1.165, 1.54) is 12.1 Å². The number of nitrogen functional groups attached to an aromatic ring is 1. The number of anilines is 1. The number of imidazole rings is 1. The van der Waals surface area contributed by atoms with Crippen molar-refractivity contribution in [2.75, 3.05) is 12.3 Å². The number of aromatic nitrogens is 2. The number of nitrogens with zero attached hydrogens (tertiary/aromatic N) is 2. The molecule has 0 aliphatic carbocycles. The fourth-order valence-electron chi connectivity index (χ4n) is 1.88. The van der Waals surface area contributed by atoms with Gasteiger partial charge in [0.25, 0.3) is 5.91 Å². The number of rotatable bonds is 6. The van der Waals surface area contributed by atoms with Gasteiger partial charge in [-0.2, -0.15) is 0 Å². The molecule has 0 aliphatic rings. The molecule has 0 bridgehead atoms. The molecule has 0 radical (unpaired) electrons. The molecule has 0 atom stereocenters. The van der Waals surface area contributed by atoms with Crippen molar-refractivity contribution in [1.82, 2.24) is 14.9 Å². The highest BCUT2D eigenvalue weighted by Crippen LogP contribution is 2.29. The molecule has 1 aromatic carbocycles. The molecule has 1 amide bonds. The van der Waals surface area contributed by atoms with E-state index in [2.05, 4.69) is 10.3 Å². The number of nitrogens with two attached hydrogens (primary N) is 1. The summed E-state index contributed by atoms with van der Waals surface area (Å²) >= 11 is 11.8. The van der Waals surface area contributed by atoms with Crippen molar-refractivity contribution in [3.63, 3.8) is 0 Å². The highest BCUT2D eigenvalue weighted by Gasteiger charge is 2.10. The lowest BCUT2D eigenvalue weighted by Gasteiger charge is -2.08. The van der Waals surface area contributed by atoms with Gasteiger partial charge in [-0.25, -0.2) is 4.98 Å². The number of aryl methyl sites for hydroxylation is 1. The Balaban J connectivity index is 1.77. The van der Waals surface area contributed by atoms with Crippen molar-refractivity contribution in [2.45, 2.75) is 19.4 Å². The van der Waals surface area contributed by atoms with Gasteiger partial charge < -0.3 is 15.6 Å². The minimum Gasteiger partial charge on any atom is -0.397 e. The molecule has 2 rings (SSSR count). The van der Waals surface area contributed by atoms with Crippen LogP contribution < -0.4 is 11.1 Å². The number of nitrogens with one attached hydrogen (secondary N) is 1. The lowest BCUT2D eigenvalue weighted by molar-refractivity contribution is 0.0953. The molecule has 0 fully saturated rings. The highest BCUT2D eigenvalue weighted by atomic mass is 35.5. The standard InChI is InChI=1S/C14H16Cl2N4O/c15-11-7-10(8-12(17)13(11)16)14(21)19-3-1-2-5-20-6-4-18-9-20/h4,6-9H,1-3,5,17H2,(H,19,21). The van der Waals surface area contributed by atoms with Gasteiger partial charge in [0.2, 0.25) is 0 Å². The van der Waals surface area contributed by atoms with Crippen LogP contribution in [0.25, 0.3) is 0 Å². The molecule has 3 N–H and O–H groups in total. The minimum atomic E-state index is -0.206. The fraction of sp³-hybridized carbons (Fsp3) is 0.286. The molecular weight excluding hydrogens is 311 g/mol. The van der Waals surface area contributed by atoms with E-state index in [9.17, 15) is 4.79 Å². The van der Waals surface area contributed by atoms with Crippen molar-refractivity contribution in [3.05, 3.63) is 46.5 Å². The summed E-state index contributed by atoms with van der Waals surface area (Å²) in [6.07, 6.45) is 7.27. The third kappa shape index (κ3) is 4.37. The van der Waals surface area contributed by atoms with Crippen LogP contribution in [0.4, 0.5) is 5.69 Å². The van der Waals surface area contributed by atoms with E-state index < -0.39 is 0 Å². The van der Waals surface area contributed by atoms with Crippen molar-refractivity contribution >= 4 is 34.8 Å². The predicted molar refractivity (Wildman–Crippen MR) is 84.7 cm³/mol. The number of halogens is 2. The molecular formula is C14H16Cl2N4O. The number of benzene rings is 1. The molecule has 7 heteroatoms.